The molecule has 4 nitrogen and oxygen atoms in total. The number of aromatic hydroxyl groups is 1. The second-order valence-electron chi connectivity index (χ2n) is 8.41. The molecule has 0 saturated heterocycles. The van der Waals surface area contributed by atoms with E-state index in [9.17, 15) is 9.90 Å². The molecule has 0 aliphatic carbocycles. The SMILES string of the molecule is CCCCCCCCCCCCNC(=O)c1cccc(CNCc2cccc(O)c2)c1. The van der Waals surface area contributed by atoms with E-state index < -0.39 is 0 Å². The molecule has 0 unspecified atom stereocenters. The standard InChI is InChI=1S/C27H40N2O2/c1-2-3-4-5-6-7-8-9-10-11-18-29-27(31)25-16-12-14-23(19-25)21-28-22-24-15-13-17-26(30)20-24/h12-17,19-20,28,30H,2-11,18,21-22H2,1H3,(H,29,31). The summed E-state index contributed by atoms with van der Waals surface area (Å²) in [5, 5.41) is 15.9. The summed E-state index contributed by atoms with van der Waals surface area (Å²) in [5.41, 5.74) is 2.82. The van der Waals surface area contributed by atoms with Gasteiger partial charge in [-0.2, -0.15) is 0 Å². The lowest BCUT2D eigenvalue weighted by atomic mass is 10.1. The molecular weight excluding hydrogens is 384 g/mol. The van der Waals surface area contributed by atoms with E-state index in [-0.39, 0.29) is 11.7 Å². The van der Waals surface area contributed by atoms with Crippen molar-refractivity contribution in [3.63, 3.8) is 0 Å². The average Bonchev–Trinajstić information content (AvgIpc) is 2.77. The number of hydrogen-bond acceptors (Lipinski definition) is 3. The first kappa shape index (κ1) is 24.9. The number of rotatable bonds is 16. The highest BCUT2D eigenvalue weighted by Crippen LogP contribution is 2.12. The number of phenolic OH excluding ortho intramolecular Hbond substituents is 1. The number of benzene rings is 2. The number of carbonyl (C=O) groups is 1. The van der Waals surface area contributed by atoms with Crippen molar-refractivity contribution >= 4 is 5.91 Å². The fourth-order valence-corrected chi connectivity index (χ4v) is 3.76. The zero-order chi connectivity index (χ0) is 22.2. The van der Waals surface area contributed by atoms with Crippen LogP contribution >= 0.6 is 0 Å². The molecule has 0 saturated carbocycles. The van der Waals surface area contributed by atoms with E-state index in [0.29, 0.717) is 18.7 Å². The average molecular weight is 425 g/mol. The van der Waals surface area contributed by atoms with Gasteiger partial charge < -0.3 is 15.7 Å². The molecular formula is C27H40N2O2. The van der Waals surface area contributed by atoms with Crippen molar-refractivity contribution in [3.05, 3.63) is 65.2 Å². The first-order valence-corrected chi connectivity index (χ1v) is 12.0. The first-order chi connectivity index (χ1) is 15.2. The number of carbonyl (C=O) groups excluding carboxylic acids is 1. The van der Waals surface area contributed by atoms with Gasteiger partial charge in [0.15, 0.2) is 0 Å². The van der Waals surface area contributed by atoms with Crippen molar-refractivity contribution in [3.8, 4) is 5.75 Å². The van der Waals surface area contributed by atoms with Crippen LogP contribution in [0, 0.1) is 0 Å². The lowest BCUT2D eigenvalue weighted by Crippen LogP contribution is -2.24. The lowest BCUT2D eigenvalue weighted by Gasteiger charge is -2.09. The van der Waals surface area contributed by atoms with E-state index in [4.69, 9.17) is 0 Å². The number of hydrogen-bond donors (Lipinski definition) is 3. The van der Waals surface area contributed by atoms with Crippen molar-refractivity contribution in [1.82, 2.24) is 10.6 Å². The Morgan fingerprint density at radius 2 is 1.35 bits per heavy atom. The van der Waals surface area contributed by atoms with Crippen molar-refractivity contribution in [2.45, 2.75) is 84.2 Å². The molecule has 4 heteroatoms. The minimum Gasteiger partial charge on any atom is -0.508 e. The van der Waals surface area contributed by atoms with Gasteiger partial charge in [0.25, 0.3) is 5.91 Å². The molecule has 0 aliphatic rings. The van der Waals surface area contributed by atoms with Crippen LogP contribution < -0.4 is 10.6 Å². The Kier molecular flexibility index (Phi) is 12.4. The fourth-order valence-electron chi connectivity index (χ4n) is 3.76. The molecule has 2 aromatic rings. The number of unbranched alkanes of at least 4 members (excludes halogenated alkanes) is 9. The van der Waals surface area contributed by atoms with Gasteiger partial charge in [-0.15, -0.1) is 0 Å². The monoisotopic (exact) mass is 424 g/mol. The van der Waals surface area contributed by atoms with E-state index in [2.05, 4.69) is 17.6 Å². The maximum absolute atomic E-state index is 12.4. The largest absolute Gasteiger partial charge is 0.508 e. The Bertz CT molecular complexity index is 760. The third kappa shape index (κ3) is 11.0. The minimum absolute atomic E-state index is 0.00533. The van der Waals surface area contributed by atoms with E-state index in [0.717, 1.165) is 24.1 Å². The molecule has 170 valence electrons. The molecule has 31 heavy (non-hydrogen) atoms. The summed E-state index contributed by atoms with van der Waals surface area (Å²) in [5.74, 6) is 0.283. The Morgan fingerprint density at radius 3 is 2.00 bits per heavy atom. The molecule has 0 bridgehead atoms. The molecule has 0 aromatic heterocycles. The fraction of sp³-hybridized carbons (Fsp3) is 0.519. The molecule has 2 aromatic carbocycles. The Morgan fingerprint density at radius 1 is 0.774 bits per heavy atom. The zero-order valence-electron chi connectivity index (χ0n) is 19.2. The highest BCUT2D eigenvalue weighted by molar-refractivity contribution is 5.94. The summed E-state index contributed by atoms with van der Waals surface area (Å²) in [6.07, 6.45) is 13.0. The molecule has 0 radical (unpaired) electrons. The Hall–Kier alpha value is -2.33. The van der Waals surface area contributed by atoms with Gasteiger partial charge in [-0.3, -0.25) is 4.79 Å². The first-order valence-electron chi connectivity index (χ1n) is 12.0. The summed E-state index contributed by atoms with van der Waals surface area (Å²) in [6.45, 7) is 4.35. The van der Waals surface area contributed by atoms with Crippen LogP contribution in [0.15, 0.2) is 48.5 Å². The van der Waals surface area contributed by atoms with Gasteiger partial charge in [-0.25, -0.2) is 0 Å². The maximum atomic E-state index is 12.4. The molecule has 0 aliphatic heterocycles. The van der Waals surface area contributed by atoms with Crippen LogP contribution in [0.1, 0.15) is 92.6 Å². The molecule has 1 amide bonds. The normalized spacial score (nSPS) is 10.9. The Labute approximate surface area is 188 Å². The van der Waals surface area contributed by atoms with Gasteiger partial charge in [0.2, 0.25) is 0 Å². The van der Waals surface area contributed by atoms with Crippen molar-refractivity contribution in [2.75, 3.05) is 6.54 Å². The van der Waals surface area contributed by atoms with E-state index in [1.807, 2.05) is 36.4 Å². The van der Waals surface area contributed by atoms with E-state index in [1.54, 1.807) is 12.1 Å². The number of amides is 1. The minimum atomic E-state index is 0.00533. The highest BCUT2D eigenvalue weighted by Gasteiger charge is 2.06. The summed E-state index contributed by atoms with van der Waals surface area (Å²) >= 11 is 0. The summed E-state index contributed by atoms with van der Waals surface area (Å²) in [4.78, 5) is 12.4. The van der Waals surface area contributed by atoms with Crippen LogP contribution in [-0.2, 0) is 13.1 Å². The Balaban J connectivity index is 1.57. The van der Waals surface area contributed by atoms with Crippen LogP contribution in [0.4, 0.5) is 0 Å². The second-order valence-corrected chi connectivity index (χ2v) is 8.41. The summed E-state index contributed by atoms with van der Waals surface area (Å²) < 4.78 is 0. The van der Waals surface area contributed by atoms with E-state index >= 15 is 0 Å². The van der Waals surface area contributed by atoms with Crippen LogP contribution in [-0.4, -0.2) is 17.6 Å². The third-order valence-electron chi connectivity index (χ3n) is 5.57. The lowest BCUT2D eigenvalue weighted by molar-refractivity contribution is 0.0953. The van der Waals surface area contributed by atoms with Crippen molar-refractivity contribution in [1.29, 1.82) is 0 Å². The quantitative estimate of drug-likeness (QED) is 0.276. The molecule has 2 rings (SSSR count). The molecule has 0 heterocycles. The molecule has 0 atom stereocenters. The van der Waals surface area contributed by atoms with Crippen LogP contribution in [0.25, 0.3) is 0 Å². The third-order valence-corrected chi connectivity index (χ3v) is 5.57. The van der Waals surface area contributed by atoms with Gasteiger partial charge in [-0.05, 0) is 41.8 Å². The zero-order valence-corrected chi connectivity index (χ0v) is 19.2. The molecule has 3 N–H and O–H groups in total. The molecule has 0 spiro atoms. The van der Waals surface area contributed by atoms with Crippen LogP contribution in [0.2, 0.25) is 0 Å². The van der Waals surface area contributed by atoms with E-state index in [1.165, 1.54) is 57.8 Å². The van der Waals surface area contributed by atoms with Crippen molar-refractivity contribution < 1.29 is 9.90 Å². The number of phenols is 1. The van der Waals surface area contributed by atoms with Gasteiger partial charge in [-0.1, -0.05) is 89.0 Å². The van der Waals surface area contributed by atoms with Gasteiger partial charge >= 0.3 is 0 Å². The highest BCUT2D eigenvalue weighted by atomic mass is 16.3. The predicted molar refractivity (Wildman–Crippen MR) is 129 cm³/mol. The van der Waals surface area contributed by atoms with Gasteiger partial charge in [0.1, 0.15) is 5.75 Å². The van der Waals surface area contributed by atoms with Crippen molar-refractivity contribution in [2.24, 2.45) is 0 Å². The van der Waals surface area contributed by atoms with Crippen LogP contribution in [0.3, 0.4) is 0 Å². The predicted octanol–water partition coefficient (Wildman–Crippen LogP) is 6.33. The maximum Gasteiger partial charge on any atom is 0.251 e. The smallest absolute Gasteiger partial charge is 0.251 e. The topological polar surface area (TPSA) is 61.4 Å². The summed E-state index contributed by atoms with van der Waals surface area (Å²) in [6, 6.07) is 15.0. The molecule has 0 fully saturated rings. The second kappa shape index (κ2) is 15.5. The van der Waals surface area contributed by atoms with Gasteiger partial charge in [0, 0.05) is 25.2 Å². The summed E-state index contributed by atoms with van der Waals surface area (Å²) in [7, 11) is 0. The number of nitrogens with one attached hydrogen (secondary N) is 2. The van der Waals surface area contributed by atoms with Gasteiger partial charge in [0.05, 0.1) is 0 Å². The van der Waals surface area contributed by atoms with Crippen LogP contribution in [0.5, 0.6) is 5.75 Å².